The number of hydrogen-bond acceptors (Lipinski definition) is 4. The number of nitrogens with zero attached hydrogens (tertiary/aromatic N) is 3. The Morgan fingerprint density at radius 3 is 2.33 bits per heavy atom. The van der Waals surface area contributed by atoms with Gasteiger partial charge in [0.15, 0.2) is 0 Å². The molecule has 1 saturated heterocycles. The Morgan fingerprint density at radius 2 is 1.90 bits per heavy atom. The predicted octanol–water partition coefficient (Wildman–Crippen LogP) is 1.51. The van der Waals surface area contributed by atoms with Crippen LogP contribution in [0.1, 0.15) is 24.4 Å². The predicted molar refractivity (Wildman–Crippen MR) is 82.6 cm³/mol. The second kappa shape index (κ2) is 6.59. The van der Waals surface area contributed by atoms with E-state index in [-0.39, 0.29) is 17.9 Å². The highest BCUT2D eigenvalue weighted by Crippen LogP contribution is 2.27. The largest absolute Gasteiger partial charge is 0.378 e. The van der Waals surface area contributed by atoms with Gasteiger partial charge in [-0.2, -0.15) is 5.26 Å². The summed E-state index contributed by atoms with van der Waals surface area (Å²) < 4.78 is 0. The SMILES string of the molecule is CN(C)c1ccc(C(C#N)N2CCC(C(N)=O)CC2)cc1. The molecule has 1 atom stereocenters. The average Bonchev–Trinajstić information content (AvgIpc) is 2.49. The van der Waals surface area contributed by atoms with Crippen LogP contribution in [0.2, 0.25) is 0 Å². The van der Waals surface area contributed by atoms with Gasteiger partial charge in [-0.05, 0) is 30.5 Å². The molecule has 1 heterocycles. The minimum atomic E-state index is -0.255. The van der Waals surface area contributed by atoms with Crippen molar-refractivity contribution in [2.75, 3.05) is 32.1 Å². The van der Waals surface area contributed by atoms with Gasteiger partial charge in [-0.3, -0.25) is 9.69 Å². The number of amides is 1. The minimum Gasteiger partial charge on any atom is -0.378 e. The summed E-state index contributed by atoms with van der Waals surface area (Å²) in [5, 5.41) is 9.49. The number of likely N-dealkylation sites (tertiary alicyclic amines) is 1. The number of primary amides is 1. The van der Waals surface area contributed by atoms with Crippen LogP contribution in [-0.2, 0) is 4.79 Å². The second-order valence-electron chi connectivity index (χ2n) is 5.73. The van der Waals surface area contributed by atoms with E-state index >= 15 is 0 Å². The van der Waals surface area contributed by atoms with E-state index in [4.69, 9.17) is 5.73 Å². The maximum atomic E-state index is 11.2. The molecule has 1 aromatic carbocycles. The molecule has 2 rings (SSSR count). The van der Waals surface area contributed by atoms with Crippen molar-refractivity contribution in [1.29, 1.82) is 5.26 Å². The Bertz CT molecular complexity index is 524. The molecule has 2 N–H and O–H groups in total. The molecule has 0 aliphatic carbocycles. The third-order valence-electron chi connectivity index (χ3n) is 4.14. The van der Waals surface area contributed by atoms with Gasteiger partial charge in [-0.25, -0.2) is 0 Å². The summed E-state index contributed by atoms with van der Waals surface area (Å²) in [5.74, 6) is -0.268. The van der Waals surface area contributed by atoms with Gasteiger partial charge in [0.05, 0.1) is 6.07 Å². The van der Waals surface area contributed by atoms with Crippen molar-refractivity contribution in [1.82, 2.24) is 4.90 Å². The van der Waals surface area contributed by atoms with Gasteiger partial charge in [0.2, 0.25) is 5.91 Å². The number of benzene rings is 1. The number of hydrogen-bond donors (Lipinski definition) is 1. The van der Waals surface area contributed by atoms with Gasteiger partial charge >= 0.3 is 0 Å². The molecule has 1 aromatic rings. The lowest BCUT2D eigenvalue weighted by molar-refractivity contribution is -0.123. The summed E-state index contributed by atoms with van der Waals surface area (Å²) in [6.07, 6.45) is 1.48. The van der Waals surface area contributed by atoms with Crippen LogP contribution >= 0.6 is 0 Å². The van der Waals surface area contributed by atoms with Crippen LogP contribution in [0.25, 0.3) is 0 Å². The minimum absolute atomic E-state index is 0.0447. The highest BCUT2D eigenvalue weighted by atomic mass is 16.1. The summed E-state index contributed by atoms with van der Waals surface area (Å²) in [6, 6.07) is 10.2. The van der Waals surface area contributed by atoms with E-state index in [9.17, 15) is 10.1 Å². The van der Waals surface area contributed by atoms with Crippen LogP contribution < -0.4 is 10.6 Å². The lowest BCUT2D eigenvalue weighted by Crippen LogP contribution is -2.40. The first-order valence-corrected chi connectivity index (χ1v) is 7.23. The molecule has 0 radical (unpaired) electrons. The van der Waals surface area contributed by atoms with E-state index in [1.807, 2.05) is 43.3 Å². The Labute approximate surface area is 125 Å². The van der Waals surface area contributed by atoms with Gasteiger partial charge in [-0.1, -0.05) is 12.1 Å². The molecule has 1 aliphatic rings. The lowest BCUT2D eigenvalue weighted by Gasteiger charge is -2.33. The normalized spacial score (nSPS) is 18.0. The summed E-state index contributed by atoms with van der Waals surface area (Å²) in [5.41, 5.74) is 7.46. The Hall–Kier alpha value is -2.06. The Balaban J connectivity index is 2.07. The molecule has 0 spiro atoms. The lowest BCUT2D eigenvalue weighted by atomic mass is 9.94. The van der Waals surface area contributed by atoms with Crippen molar-refractivity contribution < 1.29 is 4.79 Å². The zero-order valence-corrected chi connectivity index (χ0v) is 12.6. The fraction of sp³-hybridized carbons (Fsp3) is 0.500. The van der Waals surface area contributed by atoms with Crippen molar-refractivity contribution in [2.24, 2.45) is 11.7 Å². The van der Waals surface area contributed by atoms with Crippen molar-refractivity contribution >= 4 is 11.6 Å². The molecule has 1 fully saturated rings. The van der Waals surface area contributed by atoms with Crippen LogP contribution in [0.3, 0.4) is 0 Å². The Kier molecular flexibility index (Phi) is 4.81. The zero-order valence-electron chi connectivity index (χ0n) is 12.6. The molecule has 1 aliphatic heterocycles. The van der Waals surface area contributed by atoms with Crippen molar-refractivity contribution in [3.8, 4) is 6.07 Å². The zero-order chi connectivity index (χ0) is 15.4. The quantitative estimate of drug-likeness (QED) is 0.910. The number of anilines is 1. The first-order valence-electron chi connectivity index (χ1n) is 7.23. The van der Waals surface area contributed by atoms with Crippen LogP contribution in [-0.4, -0.2) is 38.0 Å². The standard InChI is InChI=1S/C16H22N4O/c1-19(2)14-5-3-12(4-6-14)15(11-17)20-9-7-13(8-10-20)16(18)21/h3-6,13,15H,7-10H2,1-2H3,(H2,18,21). The number of carbonyl (C=O) groups is 1. The summed E-state index contributed by atoms with van der Waals surface area (Å²) >= 11 is 0. The monoisotopic (exact) mass is 286 g/mol. The topological polar surface area (TPSA) is 73.4 Å². The fourth-order valence-corrected chi connectivity index (χ4v) is 2.76. The molecular formula is C16H22N4O. The molecule has 0 bridgehead atoms. The van der Waals surface area contributed by atoms with Gasteiger partial charge in [0.1, 0.15) is 6.04 Å². The maximum absolute atomic E-state index is 11.2. The number of nitriles is 1. The summed E-state index contributed by atoms with van der Waals surface area (Å²) in [7, 11) is 3.98. The highest BCUT2D eigenvalue weighted by Gasteiger charge is 2.28. The van der Waals surface area contributed by atoms with Crippen LogP contribution in [0.4, 0.5) is 5.69 Å². The van der Waals surface area contributed by atoms with E-state index in [0.717, 1.165) is 37.2 Å². The van der Waals surface area contributed by atoms with Crippen LogP contribution in [0.5, 0.6) is 0 Å². The average molecular weight is 286 g/mol. The summed E-state index contributed by atoms with van der Waals surface area (Å²) in [4.78, 5) is 15.4. The fourth-order valence-electron chi connectivity index (χ4n) is 2.76. The molecule has 0 aromatic heterocycles. The van der Waals surface area contributed by atoms with E-state index in [2.05, 4.69) is 11.0 Å². The molecule has 1 unspecified atom stereocenters. The van der Waals surface area contributed by atoms with Gasteiger partial charge in [-0.15, -0.1) is 0 Å². The van der Waals surface area contributed by atoms with Gasteiger partial charge < -0.3 is 10.6 Å². The van der Waals surface area contributed by atoms with Gasteiger partial charge in [0, 0.05) is 38.8 Å². The number of nitrogens with two attached hydrogens (primary N) is 1. The third-order valence-corrected chi connectivity index (χ3v) is 4.14. The molecule has 21 heavy (non-hydrogen) atoms. The van der Waals surface area contributed by atoms with Crippen LogP contribution in [0, 0.1) is 17.2 Å². The Morgan fingerprint density at radius 1 is 1.33 bits per heavy atom. The van der Waals surface area contributed by atoms with Crippen molar-refractivity contribution in [2.45, 2.75) is 18.9 Å². The second-order valence-corrected chi connectivity index (χ2v) is 5.73. The van der Waals surface area contributed by atoms with Gasteiger partial charge in [0.25, 0.3) is 0 Å². The maximum Gasteiger partial charge on any atom is 0.220 e. The molecule has 5 heteroatoms. The molecule has 0 saturated carbocycles. The van der Waals surface area contributed by atoms with E-state index < -0.39 is 0 Å². The van der Waals surface area contributed by atoms with E-state index in [1.54, 1.807) is 0 Å². The number of rotatable bonds is 4. The van der Waals surface area contributed by atoms with E-state index in [1.165, 1.54) is 0 Å². The number of piperidine rings is 1. The number of carbonyl (C=O) groups excluding carboxylic acids is 1. The van der Waals surface area contributed by atoms with E-state index in [0.29, 0.717) is 0 Å². The van der Waals surface area contributed by atoms with Crippen molar-refractivity contribution in [3.63, 3.8) is 0 Å². The molecule has 1 amide bonds. The first-order chi connectivity index (χ1) is 10.0. The third kappa shape index (κ3) is 3.53. The highest BCUT2D eigenvalue weighted by molar-refractivity contribution is 5.76. The molecular weight excluding hydrogens is 264 g/mol. The smallest absolute Gasteiger partial charge is 0.220 e. The first kappa shape index (κ1) is 15.3. The van der Waals surface area contributed by atoms with Crippen LogP contribution in [0.15, 0.2) is 24.3 Å². The summed E-state index contributed by atoms with van der Waals surface area (Å²) in [6.45, 7) is 1.47. The molecule has 112 valence electrons. The molecule has 5 nitrogen and oxygen atoms in total. The van der Waals surface area contributed by atoms with Crippen molar-refractivity contribution in [3.05, 3.63) is 29.8 Å².